The molecule has 0 bridgehead atoms. The smallest absolute Gasteiger partial charge is 0.241 e. The van der Waals surface area contributed by atoms with E-state index in [1.54, 1.807) is 12.3 Å². The Morgan fingerprint density at radius 1 is 1.00 bits per heavy atom. The molecule has 0 fully saturated rings. The van der Waals surface area contributed by atoms with Crippen molar-refractivity contribution in [2.24, 2.45) is 5.73 Å². The number of carbonyl (C=O) groups is 1. The summed E-state index contributed by atoms with van der Waals surface area (Å²) in [5.41, 5.74) is 8.74. The highest BCUT2D eigenvalue weighted by atomic mass is 16.5. The van der Waals surface area contributed by atoms with Gasteiger partial charge in [0.05, 0.1) is 0 Å². The van der Waals surface area contributed by atoms with Crippen LogP contribution in [0.25, 0.3) is 28.2 Å². The van der Waals surface area contributed by atoms with Gasteiger partial charge in [-0.15, -0.1) is 0 Å². The van der Waals surface area contributed by atoms with Gasteiger partial charge in [0.15, 0.2) is 0 Å². The highest BCUT2D eigenvalue weighted by Gasteiger charge is 2.07. The van der Waals surface area contributed by atoms with Crippen molar-refractivity contribution in [3.05, 3.63) is 84.7 Å². The summed E-state index contributed by atoms with van der Waals surface area (Å²) in [4.78, 5) is 18.6. The lowest BCUT2D eigenvalue weighted by atomic mass is 10.1. The van der Waals surface area contributed by atoms with Gasteiger partial charge in [-0.05, 0) is 42.0 Å². The van der Waals surface area contributed by atoms with Crippen LogP contribution in [0.15, 0.2) is 79.1 Å². The molecule has 0 aliphatic carbocycles. The fraction of sp³-hybridized carbons (Fsp3) is 0. The predicted octanol–water partition coefficient (Wildman–Crippen LogP) is 4.52. The number of nitrogens with zero attached hydrogens (tertiary/aromatic N) is 1. The maximum absolute atomic E-state index is 11.0. The first-order valence-electron chi connectivity index (χ1n) is 8.47. The zero-order chi connectivity index (χ0) is 18.6. The number of ether oxygens (including phenoxy) is 1. The highest BCUT2D eigenvalue weighted by molar-refractivity contribution is 5.95. The van der Waals surface area contributed by atoms with Crippen LogP contribution in [0.3, 0.4) is 0 Å². The molecule has 5 nitrogen and oxygen atoms in total. The molecular weight excluding hydrogens is 338 g/mol. The minimum atomic E-state index is -0.487. The first-order chi connectivity index (χ1) is 13.2. The van der Waals surface area contributed by atoms with Gasteiger partial charge < -0.3 is 15.5 Å². The number of primary amides is 1. The first kappa shape index (κ1) is 16.6. The van der Waals surface area contributed by atoms with Gasteiger partial charge in [0.1, 0.15) is 17.1 Å². The van der Waals surface area contributed by atoms with Gasteiger partial charge >= 0.3 is 0 Å². The molecule has 0 saturated heterocycles. The fourth-order valence-corrected chi connectivity index (χ4v) is 2.86. The van der Waals surface area contributed by atoms with Crippen LogP contribution < -0.4 is 10.5 Å². The summed E-state index contributed by atoms with van der Waals surface area (Å²) in [5.74, 6) is 1.05. The van der Waals surface area contributed by atoms with Crippen LogP contribution in [0.1, 0.15) is 5.56 Å². The minimum absolute atomic E-state index is 0.487. The highest BCUT2D eigenvalue weighted by Crippen LogP contribution is 2.29. The van der Waals surface area contributed by atoms with Gasteiger partial charge in [-0.25, -0.2) is 4.98 Å². The third-order valence-corrected chi connectivity index (χ3v) is 4.14. The molecule has 2 aromatic heterocycles. The zero-order valence-electron chi connectivity index (χ0n) is 14.4. The van der Waals surface area contributed by atoms with E-state index in [1.165, 1.54) is 6.08 Å². The van der Waals surface area contributed by atoms with Crippen LogP contribution in [0, 0.1) is 0 Å². The molecule has 132 valence electrons. The van der Waals surface area contributed by atoms with E-state index in [0.717, 1.165) is 39.2 Å². The topological polar surface area (TPSA) is 81.0 Å². The van der Waals surface area contributed by atoms with Crippen LogP contribution in [0.5, 0.6) is 11.5 Å². The number of H-pyrrole nitrogens is 1. The van der Waals surface area contributed by atoms with Gasteiger partial charge in [-0.1, -0.05) is 30.3 Å². The Labute approximate surface area is 156 Å². The number of hydrogen-bond donors (Lipinski definition) is 2. The number of carbonyl (C=O) groups excluding carboxylic acids is 1. The Morgan fingerprint density at radius 2 is 1.81 bits per heavy atom. The summed E-state index contributed by atoms with van der Waals surface area (Å²) >= 11 is 0. The van der Waals surface area contributed by atoms with Crippen molar-refractivity contribution in [1.29, 1.82) is 0 Å². The van der Waals surface area contributed by atoms with Crippen LogP contribution in [0.2, 0.25) is 0 Å². The molecule has 0 aliphatic heterocycles. The van der Waals surface area contributed by atoms with Crippen LogP contribution in [-0.2, 0) is 4.79 Å². The zero-order valence-corrected chi connectivity index (χ0v) is 14.4. The Bertz CT molecular complexity index is 1130. The van der Waals surface area contributed by atoms with Gasteiger partial charge in [-0.3, -0.25) is 4.79 Å². The molecule has 3 N–H and O–H groups in total. The molecule has 0 aliphatic rings. The average Bonchev–Trinajstić information content (AvgIpc) is 3.09. The van der Waals surface area contributed by atoms with Gasteiger partial charge in [0.2, 0.25) is 5.91 Å². The number of amides is 1. The molecule has 0 unspecified atom stereocenters. The van der Waals surface area contributed by atoms with E-state index in [9.17, 15) is 4.79 Å². The van der Waals surface area contributed by atoms with Crippen LogP contribution in [0.4, 0.5) is 0 Å². The van der Waals surface area contributed by atoms with Gasteiger partial charge in [-0.2, -0.15) is 0 Å². The van der Waals surface area contributed by atoms with Crippen molar-refractivity contribution in [2.75, 3.05) is 0 Å². The summed E-state index contributed by atoms with van der Waals surface area (Å²) in [6.45, 7) is 0. The Kier molecular flexibility index (Phi) is 4.41. The number of aromatic amines is 1. The lowest BCUT2D eigenvalue weighted by molar-refractivity contribution is -0.113. The molecule has 2 aromatic carbocycles. The van der Waals surface area contributed by atoms with Crippen LogP contribution >= 0.6 is 0 Å². The number of pyridine rings is 1. The number of hydrogen-bond acceptors (Lipinski definition) is 3. The number of nitrogens with one attached hydrogen (secondary N) is 1. The molecule has 5 heteroatoms. The van der Waals surface area contributed by atoms with E-state index < -0.39 is 5.91 Å². The molecule has 4 aromatic rings. The molecule has 2 heterocycles. The molecule has 4 rings (SSSR count). The minimum Gasteiger partial charge on any atom is -0.457 e. The van der Waals surface area contributed by atoms with E-state index in [4.69, 9.17) is 10.5 Å². The summed E-state index contributed by atoms with van der Waals surface area (Å²) < 4.78 is 5.91. The predicted molar refractivity (Wildman–Crippen MR) is 106 cm³/mol. The first-order valence-corrected chi connectivity index (χ1v) is 8.47. The maximum Gasteiger partial charge on any atom is 0.241 e. The third kappa shape index (κ3) is 3.72. The molecule has 0 radical (unpaired) electrons. The fourth-order valence-electron chi connectivity index (χ4n) is 2.86. The molecular formula is C22H17N3O2. The van der Waals surface area contributed by atoms with Crippen molar-refractivity contribution in [3.63, 3.8) is 0 Å². The van der Waals surface area contributed by atoms with Crippen molar-refractivity contribution >= 4 is 23.0 Å². The Hall–Kier alpha value is -3.86. The van der Waals surface area contributed by atoms with Crippen molar-refractivity contribution in [3.8, 4) is 22.6 Å². The van der Waals surface area contributed by atoms with Crippen molar-refractivity contribution < 1.29 is 9.53 Å². The monoisotopic (exact) mass is 355 g/mol. The molecule has 0 spiro atoms. The van der Waals surface area contributed by atoms with Crippen LogP contribution in [-0.4, -0.2) is 15.9 Å². The molecule has 0 saturated carbocycles. The third-order valence-electron chi connectivity index (χ3n) is 4.14. The van der Waals surface area contributed by atoms with E-state index in [1.807, 2.05) is 66.9 Å². The lowest BCUT2D eigenvalue weighted by Gasteiger charge is -2.08. The number of para-hydroxylation sites is 1. The summed E-state index contributed by atoms with van der Waals surface area (Å²) in [6.07, 6.45) is 6.63. The average molecular weight is 355 g/mol. The van der Waals surface area contributed by atoms with E-state index in [2.05, 4.69) is 9.97 Å². The van der Waals surface area contributed by atoms with Crippen molar-refractivity contribution in [1.82, 2.24) is 9.97 Å². The SMILES string of the molecule is NC(=O)/C=C/c1c[nH]c2ncc(-c3cccc(Oc4ccccc4)c3)cc12. The second-order valence-electron chi connectivity index (χ2n) is 6.04. The second kappa shape index (κ2) is 7.17. The maximum atomic E-state index is 11.0. The number of benzene rings is 2. The summed E-state index contributed by atoms with van der Waals surface area (Å²) in [5, 5.41) is 0.916. The Morgan fingerprint density at radius 3 is 2.63 bits per heavy atom. The summed E-state index contributed by atoms with van der Waals surface area (Å²) in [6, 6.07) is 19.5. The largest absolute Gasteiger partial charge is 0.457 e. The van der Waals surface area contributed by atoms with E-state index in [0.29, 0.717) is 0 Å². The number of fused-ring (bicyclic) bond motifs is 1. The number of aromatic nitrogens is 2. The van der Waals surface area contributed by atoms with Gasteiger partial charge in [0, 0.05) is 35.0 Å². The lowest BCUT2D eigenvalue weighted by Crippen LogP contribution is -2.04. The molecule has 1 amide bonds. The molecule has 0 atom stereocenters. The second-order valence-corrected chi connectivity index (χ2v) is 6.04. The Balaban J connectivity index is 1.68. The van der Waals surface area contributed by atoms with E-state index >= 15 is 0 Å². The van der Waals surface area contributed by atoms with E-state index in [-0.39, 0.29) is 0 Å². The number of nitrogens with two attached hydrogens (primary N) is 1. The standard InChI is InChI=1S/C22H17N3O2/c23-21(26)10-9-16-13-24-22-20(16)12-17(14-25-22)15-5-4-8-19(11-15)27-18-6-2-1-3-7-18/h1-14H,(H2,23,26)(H,24,25)/b10-9+. The molecule has 27 heavy (non-hydrogen) atoms. The van der Waals surface area contributed by atoms with Gasteiger partial charge in [0.25, 0.3) is 0 Å². The quantitative estimate of drug-likeness (QED) is 0.516. The van der Waals surface area contributed by atoms with Crippen molar-refractivity contribution in [2.45, 2.75) is 0 Å². The summed E-state index contributed by atoms with van der Waals surface area (Å²) in [7, 11) is 0. The normalized spacial score (nSPS) is 11.1. The number of rotatable bonds is 5.